The zero-order valence-electron chi connectivity index (χ0n) is 7.99. The Morgan fingerprint density at radius 1 is 1.69 bits per heavy atom. The summed E-state index contributed by atoms with van der Waals surface area (Å²) in [4.78, 5) is 3.93. The lowest BCUT2D eigenvalue weighted by atomic mass is 10.0. The second-order valence-corrected chi connectivity index (χ2v) is 3.24. The number of nitrogens with zero attached hydrogens (tertiary/aromatic N) is 3. The molecule has 0 saturated heterocycles. The molecule has 13 heavy (non-hydrogen) atoms. The normalized spacial score (nSPS) is 14.8. The van der Waals surface area contributed by atoms with Gasteiger partial charge >= 0.3 is 0 Å². The van der Waals surface area contributed by atoms with Crippen LogP contribution in [0.3, 0.4) is 0 Å². The summed E-state index contributed by atoms with van der Waals surface area (Å²) in [6, 6.07) is 2.25. The van der Waals surface area contributed by atoms with Crippen molar-refractivity contribution in [1.29, 1.82) is 5.26 Å². The highest BCUT2D eigenvalue weighted by molar-refractivity contribution is 5.02. The Bertz CT molecular complexity index is 285. The van der Waals surface area contributed by atoms with Crippen LogP contribution in [0.15, 0.2) is 18.7 Å². The van der Waals surface area contributed by atoms with Gasteiger partial charge in [0.25, 0.3) is 0 Å². The van der Waals surface area contributed by atoms with Crippen LogP contribution in [0.2, 0.25) is 0 Å². The SMILES string of the molecule is CNC(C)(C#N)CCn1ccnc1. The number of rotatable bonds is 4. The molecule has 1 rings (SSSR count). The molecule has 1 heterocycles. The first kappa shape index (κ1) is 9.75. The quantitative estimate of drug-likeness (QED) is 0.741. The molecule has 0 aromatic carbocycles. The maximum atomic E-state index is 8.88. The van der Waals surface area contributed by atoms with Crippen molar-refractivity contribution < 1.29 is 0 Å². The minimum Gasteiger partial charge on any atom is -0.337 e. The van der Waals surface area contributed by atoms with Crippen molar-refractivity contribution in [2.75, 3.05) is 7.05 Å². The third-order valence-electron chi connectivity index (χ3n) is 2.23. The fraction of sp³-hybridized carbons (Fsp3) is 0.556. The van der Waals surface area contributed by atoms with Crippen molar-refractivity contribution in [2.45, 2.75) is 25.4 Å². The number of imidazole rings is 1. The summed E-state index contributed by atoms with van der Waals surface area (Å²) >= 11 is 0. The van der Waals surface area contributed by atoms with Gasteiger partial charge in [0, 0.05) is 18.9 Å². The molecule has 0 aliphatic heterocycles. The monoisotopic (exact) mass is 178 g/mol. The van der Waals surface area contributed by atoms with Crippen LogP contribution in [0.4, 0.5) is 0 Å². The first-order valence-electron chi connectivity index (χ1n) is 4.26. The molecule has 0 bridgehead atoms. The van der Waals surface area contributed by atoms with E-state index in [9.17, 15) is 0 Å². The molecule has 1 aromatic heterocycles. The maximum Gasteiger partial charge on any atom is 0.105 e. The van der Waals surface area contributed by atoms with Crippen LogP contribution in [0, 0.1) is 11.3 Å². The average molecular weight is 178 g/mol. The van der Waals surface area contributed by atoms with Gasteiger partial charge in [-0.15, -0.1) is 0 Å². The van der Waals surface area contributed by atoms with Crippen LogP contribution in [0.25, 0.3) is 0 Å². The largest absolute Gasteiger partial charge is 0.337 e. The van der Waals surface area contributed by atoms with Crippen LogP contribution < -0.4 is 5.32 Å². The average Bonchev–Trinajstić information content (AvgIpc) is 2.67. The summed E-state index contributed by atoms with van der Waals surface area (Å²) in [6.45, 7) is 2.70. The first-order valence-corrected chi connectivity index (χ1v) is 4.26. The molecule has 0 spiro atoms. The third kappa shape index (κ3) is 2.56. The molecular weight excluding hydrogens is 164 g/mol. The van der Waals surface area contributed by atoms with E-state index in [2.05, 4.69) is 16.4 Å². The van der Waals surface area contributed by atoms with Gasteiger partial charge in [0.05, 0.1) is 12.4 Å². The Hall–Kier alpha value is -1.34. The Balaban J connectivity index is 2.47. The summed E-state index contributed by atoms with van der Waals surface area (Å²) in [5, 5.41) is 11.9. The lowest BCUT2D eigenvalue weighted by Gasteiger charge is -2.20. The van der Waals surface area contributed by atoms with Crippen molar-refractivity contribution in [1.82, 2.24) is 14.9 Å². The van der Waals surface area contributed by atoms with Crippen LogP contribution in [0.5, 0.6) is 0 Å². The summed E-state index contributed by atoms with van der Waals surface area (Å²) < 4.78 is 1.97. The van der Waals surface area contributed by atoms with Crippen LogP contribution >= 0.6 is 0 Å². The van der Waals surface area contributed by atoms with Gasteiger partial charge in [0.2, 0.25) is 0 Å². The molecule has 0 aliphatic carbocycles. The number of nitriles is 1. The van der Waals surface area contributed by atoms with Gasteiger partial charge in [-0.1, -0.05) is 0 Å². The molecule has 4 heteroatoms. The van der Waals surface area contributed by atoms with Crippen molar-refractivity contribution >= 4 is 0 Å². The fourth-order valence-electron chi connectivity index (χ4n) is 1.01. The second-order valence-electron chi connectivity index (χ2n) is 3.24. The molecule has 70 valence electrons. The topological polar surface area (TPSA) is 53.6 Å². The van der Waals surface area contributed by atoms with E-state index >= 15 is 0 Å². The van der Waals surface area contributed by atoms with E-state index in [1.807, 2.05) is 17.7 Å². The van der Waals surface area contributed by atoms with Gasteiger partial charge < -0.3 is 9.88 Å². The molecule has 0 amide bonds. The lowest BCUT2D eigenvalue weighted by molar-refractivity contribution is 0.421. The van der Waals surface area contributed by atoms with E-state index in [1.165, 1.54) is 0 Å². The fourth-order valence-corrected chi connectivity index (χ4v) is 1.01. The van der Waals surface area contributed by atoms with E-state index in [0.717, 1.165) is 13.0 Å². The summed E-state index contributed by atoms with van der Waals surface area (Å²) in [5.74, 6) is 0. The summed E-state index contributed by atoms with van der Waals surface area (Å²) in [5.41, 5.74) is -0.440. The highest BCUT2D eigenvalue weighted by atomic mass is 15.0. The van der Waals surface area contributed by atoms with E-state index in [4.69, 9.17) is 5.26 Å². The minimum absolute atomic E-state index is 0.440. The zero-order valence-corrected chi connectivity index (χ0v) is 7.99. The standard InChI is InChI=1S/C9H14N4/c1-9(7-10,11-2)3-5-13-6-4-12-8-13/h4,6,8,11H,3,5H2,1-2H3. The number of aromatic nitrogens is 2. The molecule has 0 fully saturated rings. The number of nitrogens with one attached hydrogen (secondary N) is 1. The number of hydrogen-bond acceptors (Lipinski definition) is 3. The van der Waals surface area contributed by atoms with Crippen LogP contribution in [-0.2, 0) is 6.54 Å². The Labute approximate surface area is 78.2 Å². The molecule has 1 atom stereocenters. The van der Waals surface area contributed by atoms with Crippen molar-refractivity contribution in [3.05, 3.63) is 18.7 Å². The van der Waals surface area contributed by atoms with Gasteiger partial charge in [-0.25, -0.2) is 4.98 Å². The van der Waals surface area contributed by atoms with Gasteiger partial charge in [-0.3, -0.25) is 0 Å². The zero-order chi connectivity index (χ0) is 9.73. The van der Waals surface area contributed by atoms with Crippen molar-refractivity contribution in [3.8, 4) is 6.07 Å². The lowest BCUT2D eigenvalue weighted by Crippen LogP contribution is -2.38. The number of aryl methyl sites for hydroxylation is 1. The summed E-state index contributed by atoms with van der Waals surface area (Å²) in [7, 11) is 1.80. The molecule has 1 N–H and O–H groups in total. The first-order chi connectivity index (χ1) is 6.20. The predicted molar refractivity (Wildman–Crippen MR) is 49.9 cm³/mol. The minimum atomic E-state index is -0.440. The molecule has 1 unspecified atom stereocenters. The van der Waals surface area contributed by atoms with E-state index < -0.39 is 5.54 Å². The van der Waals surface area contributed by atoms with E-state index in [1.54, 1.807) is 19.6 Å². The molecule has 4 nitrogen and oxygen atoms in total. The van der Waals surface area contributed by atoms with Gasteiger partial charge in [-0.05, 0) is 20.4 Å². The Morgan fingerprint density at radius 3 is 2.92 bits per heavy atom. The Kier molecular flexibility index (Phi) is 3.04. The van der Waals surface area contributed by atoms with Crippen LogP contribution in [-0.4, -0.2) is 22.1 Å². The van der Waals surface area contributed by atoms with Gasteiger partial charge in [0.15, 0.2) is 0 Å². The van der Waals surface area contributed by atoms with Crippen molar-refractivity contribution in [3.63, 3.8) is 0 Å². The van der Waals surface area contributed by atoms with E-state index in [0.29, 0.717) is 0 Å². The summed E-state index contributed by atoms with van der Waals surface area (Å²) in [6.07, 6.45) is 6.17. The molecule has 0 radical (unpaired) electrons. The number of hydrogen-bond donors (Lipinski definition) is 1. The van der Waals surface area contributed by atoms with Gasteiger partial charge in [0.1, 0.15) is 5.54 Å². The van der Waals surface area contributed by atoms with Gasteiger partial charge in [-0.2, -0.15) is 5.26 Å². The van der Waals surface area contributed by atoms with Crippen LogP contribution in [0.1, 0.15) is 13.3 Å². The molecular formula is C9H14N4. The Morgan fingerprint density at radius 2 is 2.46 bits per heavy atom. The maximum absolute atomic E-state index is 8.88. The third-order valence-corrected chi connectivity index (χ3v) is 2.23. The molecule has 0 aliphatic rings. The predicted octanol–water partition coefficient (Wildman–Crippen LogP) is 0.775. The smallest absolute Gasteiger partial charge is 0.105 e. The second kappa shape index (κ2) is 4.06. The highest BCUT2D eigenvalue weighted by Crippen LogP contribution is 2.08. The molecule has 0 saturated carbocycles. The van der Waals surface area contributed by atoms with E-state index in [-0.39, 0.29) is 0 Å². The van der Waals surface area contributed by atoms with Crippen molar-refractivity contribution in [2.24, 2.45) is 0 Å². The highest BCUT2D eigenvalue weighted by Gasteiger charge is 2.20. The molecule has 1 aromatic rings.